The zero-order valence-corrected chi connectivity index (χ0v) is 18.5. The Morgan fingerprint density at radius 2 is 1.75 bits per heavy atom. The molecular formula is C22H27IN2O3. The molecule has 0 aliphatic carbocycles. The molecule has 0 spiro atoms. The van der Waals surface area contributed by atoms with Gasteiger partial charge in [-0.1, -0.05) is 37.3 Å². The van der Waals surface area contributed by atoms with Crippen LogP contribution in [0.25, 0.3) is 0 Å². The molecular weight excluding hydrogens is 467 g/mol. The molecule has 1 atom stereocenters. The lowest BCUT2D eigenvalue weighted by Crippen LogP contribution is -2.51. The Bertz CT molecular complexity index is 750. The van der Waals surface area contributed by atoms with Gasteiger partial charge in [0.05, 0.1) is 0 Å². The third-order valence-electron chi connectivity index (χ3n) is 4.40. The van der Waals surface area contributed by atoms with Gasteiger partial charge in [-0.05, 0) is 72.2 Å². The summed E-state index contributed by atoms with van der Waals surface area (Å²) < 4.78 is 6.76. The Balaban J connectivity index is 2.09. The second kappa shape index (κ2) is 11.7. The third-order valence-corrected chi connectivity index (χ3v) is 5.12. The summed E-state index contributed by atoms with van der Waals surface area (Å²) in [5.41, 5.74) is 1.13. The van der Waals surface area contributed by atoms with Gasteiger partial charge in [-0.2, -0.15) is 0 Å². The van der Waals surface area contributed by atoms with Crippen molar-refractivity contribution in [3.8, 4) is 5.75 Å². The van der Waals surface area contributed by atoms with Crippen LogP contribution in [-0.2, 0) is 16.0 Å². The number of benzene rings is 2. The number of hydrogen-bond acceptors (Lipinski definition) is 3. The molecule has 0 aliphatic rings. The van der Waals surface area contributed by atoms with Gasteiger partial charge in [-0.25, -0.2) is 0 Å². The van der Waals surface area contributed by atoms with Crippen LogP contribution < -0.4 is 10.1 Å². The van der Waals surface area contributed by atoms with Crippen molar-refractivity contribution in [3.63, 3.8) is 0 Å². The van der Waals surface area contributed by atoms with Crippen LogP contribution in [0.1, 0.15) is 25.8 Å². The van der Waals surface area contributed by atoms with Crippen LogP contribution in [0.4, 0.5) is 0 Å². The minimum Gasteiger partial charge on any atom is -0.484 e. The van der Waals surface area contributed by atoms with Gasteiger partial charge < -0.3 is 15.0 Å². The number of carbonyl (C=O) groups excluding carboxylic acids is 2. The lowest BCUT2D eigenvalue weighted by Gasteiger charge is -2.30. The molecule has 0 fully saturated rings. The normalized spacial score (nSPS) is 11.5. The van der Waals surface area contributed by atoms with Crippen LogP contribution in [-0.4, -0.2) is 42.5 Å². The van der Waals surface area contributed by atoms with E-state index in [1.807, 2.05) is 68.4 Å². The molecule has 0 aliphatic heterocycles. The number of nitrogens with one attached hydrogen (secondary N) is 1. The van der Waals surface area contributed by atoms with Crippen molar-refractivity contribution in [2.24, 2.45) is 0 Å². The maximum absolute atomic E-state index is 12.9. The average Bonchev–Trinajstić information content (AvgIpc) is 2.71. The summed E-state index contributed by atoms with van der Waals surface area (Å²) in [4.78, 5) is 27.1. The molecule has 2 rings (SSSR count). The number of rotatable bonds is 10. The molecule has 1 N–H and O–H groups in total. The van der Waals surface area contributed by atoms with Crippen LogP contribution >= 0.6 is 22.6 Å². The van der Waals surface area contributed by atoms with E-state index in [2.05, 4.69) is 27.9 Å². The SMILES string of the molecule is CCNC(=O)[C@@H](CC)N(CCc1ccccc1)C(=O)COc1ccc(I)cc1. The highest BCUT2D eigenvalue weighted by molar-refractivity contribution is 14.1. The van der Waals surface area contributed by atoms with E-state index in [1.165, 1.54) is 0 Å². The Morgan fingerprint density at radius 1 is 1.07 bits per heavy atom. The summed E-state index contributed by atoms with van der Waals surface area (Å²) in [7, 11) is 0. The molecule has 0 aromatic heterocycles. The number of nitrogens with zero attached hydrogens (tertiary/aromatic N) is 1. The van der Waals surface area contributed by atoms with Gasteiger partial charge in [-0.15, -0.1) is 0 Å². The van der Waals surface area contributed by atoms with Crippen molar-refractivity contribution in [1.82, 2.24) is 10.2 Å². The minimum absolute atomic E-state index is 0.0920. The number of hydrogen-bond donors (Lipinski definition) is 1. The van der Waals surface area contributed by atoms with Crippen LogP contribution in [0.3, 0.4) is 0 Å². The van der Waals surface area contributed by atoms with Gasteiger partial charge in [0.1, 0.15) is 11.8 Å². The minimum atomic E-state index is -0.503. The first-order chi connectivity index (χ1) is 13.5. The van der Waals surface area contributed by atoms with Crippen molar-refractivity contribution in [2.45, 2.75) is 32.7 Å². The quantitative estimate of drug-likeness (QED) is 0.513. The first-order valence-electron chi connectivity index (χ1n) is 9.54. The predicted molar refractivity (Wildman–Crippen MR) is 119 cm³/mol. The summed E-state index contributed by atoms with van der Waals surface area (Å²) in [5, 5.41) is 2.84. The monoisotopic (exact) mass is 494 g/mol. The van der Waals surface area contributed by atoms with Gasteiger partial charge in [0.25, 0.3) is 5.91 Å². The van der Waals surface area contributed by atoms with Crippen LogP contribution in [0.15, 0.2) is 54.6 Å². The topological polar surface area (TPSA) is 58.6 Å². The molecule has 150 valence electrons. The molecule has 0 saturated heterocycles. The van der Waals surface area contributed by atoms with Crippen molar-refractivity contribution in [3.05, 3.63) is 63.7 Å². The zero-order chi connectivity index (χ0) is 20.4. The number of likely N-dealkylation sites (N-methyl/N-ethyl adjacent to an activating group) is 1. The van der Waals surface area contributed by atoms with Gasteiger partial charge >= 0.3 is 0 Å². The van der Waals surface area contributed by atoms with E-state index in [9.17, 15) is 9.59 Å². The molecule has 0 saturated carbocycles. The lowest BCUT2D eigenvalue weighted by atomic mass is 10.1. The molecule has 2 aromatic carbocycles. The van der Waals surface area contributed by atoms with Gasteiger partial charge in [-0.3, -0.25) is 9.59 Å². The first-order valence-corrected chi connectivity index (χ1v) is 10.6. The molecule has 0 radical (unpaired) electrons. The molecule has 2 aromatic rings. The Kier molecular flexibility index (Phi) is 9.27. The van der Waals surface area contributed by atoms with Gasteiger partial charge in [0.15, 0.2) is 6.61 Å². The van der Waals surface area contributed by atoms with E-state index >= 15 is 0 Å². The van der Waals surface area contributed by atoms with Gasteiger partial charge in [0.2, 0.25) is 5.91 Å². The Hall–Kier alpha value is -2.09. The number of ether oxygens (including phenoxy) is 1. The number of carbonyl (C=O) groups is 2. The highest BCUT2D eigenvalue weighted by Gasteiger charge is 2.28. The fraction of sp³-hybridized carbons (Fsp3) is 0.364. The molecule has 0 unspecified atom stereocenters. The molecule has 28 heavy (non-hydrogen) atoms. The molecule has 0 heterocycles. The smallest absolute Gasteiger partial charge is 0.261 e. The Labute approximate surface area is 180 Å². The van der Waals surface area contributed by atoms with Crippen molar-refractivity contribution >= 4 is 34.4 Å². The fourth-order valence-electron chi connectivity index (χ4n) is 2.95. The summed E-state index contributed by atoms with van der Waals surface area (Å²) in [5.74, 6) is 0.330. The van der Waals surface area contributed by atoms with Crippen molar-refractivity contribution in [2.75, 3.05) is 19.7 Å². The number of amides is 2. The summed E-state index contributed by atoms with van der Waals surface area (Å²) in [6.45, 7) is 4.71. The number of halogens is 1. The zero-order valence-electron chi connectivity index (χ0n) is 16.4. The van der Waals surface area contributed by atoms with E-state index in [0.717, 1.165) is 9.13 Å². The van der Waals surface area contributed by atoms with E-state index in [1.54, 1.807) is 4.90 Å². The van der Waals surface area contributed by atoms with Crippen molar-refractivity contribution < 1.29 is 14.3 Å². The van der Waals surface area contributed by atoms with Gasteiger partial charge in [0, 0.05) is 16.7 Å². The van der Waals surface area contributed by atoms with Crippen LogP contribution in [0.5, 0.6) is 5.75 Å². The molecule has 0 bridgehead atoms. The maximum atomic E-state index is 12.9. The van der Waals surface area contributed by atoms with Crippen LogP contribution in [0.2, 0.25) is 0 Å². The van der Waals surface area contributed by atoms with E-state index in [-0.39, 0.29) is 18.4 Å². The Morgan fingerprint density at radius 3 is 2.36 bits per heavy atom. The van der Waals surface area contributed by atoms with Crippen molar-refractivity contribution in [1.29, 1.82) is 0 Å². The largest absolute Gasteiger partial charge is 0.484 e. The van der Waals surface area contributed by atoms with E-state index < -0.39 is 6.04 Å². The summed E-state index contributed by atoms with van der Waals surface area (Å²) in [6.07, 6.45) is 1.24. The molecule has 6 heteroatoms. The lowest BCUT2D eigenvalue weighted by molar-refractivity contribution is -0.142. The van der Waals surface area contributed by atoms with E-state index in [0.29, 0.717) is 31.7 Å². The van der Waals surface area contributed by atoms with Crippen LogP contribution in [0, 0.1) is 3.57 Å². The first kappa shape index (κ1) is 22.2. The highest BCUT2D eigenvalue weighted by atomic mass is 127. The summed E-state index contributed by atoms with van der Waals surface area (Å²) >= 11 is 2.22. The molecule has 2 amide bonds. The maximum Gasteiger partial charge on any atom is 0.261 e. The highest BCUT2D eigenvalue weighted by Crippen LogP contribution is 2.15. The second-order valence-electron chi connectivity index (χ2n) is 6.38. The third kappa shape index (κ3) is 6.82. The standard InChI is InChI=1S/C22H27IN2O3/c1-3-20(22(27)24-4-2)25(15-14-17-8-6-5-7-9-17)21(26)16-28-19-12-10-18(23)11-13-19/h5-13,20H,3-4,14-16H2,1-2H3,(H,24,27)/t20-/m1/s1. The van der Waals surface area contributed by atoms with E-state index in [4.69, 9.17) is 4.74 Å². The predicted octanol–water partition coefficient (Wildman–Crippen LogP) is 3.66. The average molecular weight is 494 g/mol. The second-order valence-corrected chi connectivity index (χ2v) is 7.63. The fourth-order valence-corrected chi connectivity index (χ4v) is 3.31. The molecule has 5 nitrogen and oxygen atoms in total. The summed E-state index contributed by atoms with van der Waals surface area (Å²) in [6, 6.07) is 17.0.